The van der Waals surface area contributed by atoms with Crippen LogP contribution in [0, 0.1) is 0 Å². The van der Waals surface area contributed by atoms with Gasteiger partial charge in [-0.05, 0) is 29.8 Å². The van der Waals surface area contributed by atoms with Crippen molar-refractivity contribution >= 4 is 21.8 Å². The maximum Gasteiger partial charge on any atom is 0.280 e. The van der Waals surface area contributed by atoms with Crippen molar-refractivity contribution in [3.8, 4) is 0 Å². The molecule has 136 valence electrons. The van der Waals surface area contributed by atoms with Gasteiger partial charge in [-0.25, -0.2) is 13.1 Å². The third-order valence-electron chi connectivity index (χ3n) is 3.90. The van der Waals surface area contributed by atoms with E-state index in [-0.39, 0.29) is 35.8 Å². The number of pyridine rings is 1. The van der Waals surface area contributed by atoms with Crippen LogP contribution in [0.5, 0.6) is 0 Å². The summed E-state index contributed by atoms with van der Waals surface area (Å²) in [6.07, 6.45) is 1.46. The minimum atomic E-state index is -3.63. The third kappa shape index (κ3) is 3.50. The Bertz CT molecular complexity index is 906. The van der Waals surface area contributed by atoms with Crippen LogP contribution in [0.1, 0.15) is 26.4 Å². The van der Waals surface area contributed by atoms with E-state index in [1.165, 1.54) is 25.4 Å². The Morgan fingerprint density at radius 3 is 2.50 bits per heavy atom. The van der Waals surface area contributed by atoms with Gasteiger partial charge < -0.3 is 4.74 Å². The number of nitrogens with zero attached hydrogens (tertiary/aromatic N) is 2. The molecule has 26 heavy (non-hydrogen) atoms. The van der Waals surface area contributed by atoms with E-state index in [1.807, 2.05) is 0 Å². The van der Waals surface area contributed by atoms with Crippen LogP contribution in [0.4, 0.5) is 0 Å². The van der Waals surface area contributed by atoms with Gasteiger partial charge in [-0.1, -0.05) is 12.1 Å². The van der Waals surface area contributed by atoms with Crippen molar-refractivity contribution in [2.24, 2.45) is 0 Å². The Kier molecular flexibility index (Phi) is 5.12. The minimum absolute atomic E-state index is 0.0471. The molecule has 0 aliphatic carbocycles. The zero-order valence-corrected chi connectivity index (χ0v) is 14.8. The van der Waals surface area contributed by atoms with Gasteiger partial charge in [-0.15, -0.1) is 0 Å². The molecule has 1 aliphatic rings. The summed E-state index contributed by atoms with van der Waals surface area (Å²) in [5.41, 5.74) is 1.05. The van der Waals surface area contributed by atoms with Crippen molar-refractivity contribution < 1.29 is 22.7 Å². The predicted octanol–water partition coefficient (Wildman–Crippen LogP) is 0.802. The maximum atomic E-state index is 12.3. The number of nitrogens with one attached hydrogen (secondary N) is 1. The number of amides is 2. The van der Waals surface area contributed by atoms with Gasteiger partial charge in [0, 0.05) is 19.9 Å². The van der Waals surface area contributed by atoms with E-state index in [1.54, 1.807) is 24.3 Å². The molecule has 0 atom stereocenters. The van der Waals surface area contributed by atoms with Crippen LogP contribution in [0.15, 0.2) is 47.5 Å². The summed E-state index contributed by atoms with van der Waals surface area (Å²) in [5, 5.41) is 0. The first-order valence-corrected chi connectivity index (χ1v) is 9.31. The Morgan fingerprint density at radius 1 is 1.12 bits per heavy atom. The molecule has 0 bridgehead atoms. The van der Waals surface area contributed by atoms with Crippen molar-refractivity contribution in [2.75, 3.05) is 20.3 Å². The molecule has 3 rings (SSSR count). The van der Waals surface area contributed by atoms with E-state index in [2.05, 4.69) is 9.71 Å². The van der Waals surface area contributed by atoms with Crippen molar-refractivity contribution in [1.29, 1.82) is 0 Å². The normalized spacial score (nSPS) is 14.0. The molecule has 0 saturated heterocycles. The highest BCUT2D eigenvalue weighted by atomic mass is 32.2. The number of methoxy groups -OCH3 is 1. The summed E-state index contributed by atoms with van der Waals surface area (Å²) in [5.74, 6) is -0.862. The molecule has 1 aromatic heterocycles. The molecule has 2 heterocycles. The monoisotopic (exact) mass is 375 g/mol. The molecule has 0 fully saturated rings. The van der Waals surface area contributed by atoms with Crippen molar-refractivity contribution in [3.05, 3.63) is 59.4 Å². The Balaban J connectivity index is 1.73. The van der Waals surface area contributed by atoms with Gasteiger partial charge in [0.2, 0.25) is 10.0 Å². The van der Waals surface area contributed by atoms with Gasteiger partial charge >= 0.3 is 0 Å². The molecule has 8 nitrogen and oxygen atoms in total. The first kappa shape index (κ1) is 18.2. The molecule has 9 heteroatoms. The molecule has 2 aromatic rings. The highest BCUT2D eigenvalue weighted by molar-refractivity contribution is 7.89. The van der Waals surface area contributed by atoms with Gasteiger partial charge in [-0.2, -0.15) is 0 Å². The van der Waals surface area contributed by atoms with Gasteiger partial charge in [0.15, 0.2) is 0 Å². The lowest BCUT2D eigenvalue weighted by atomic mass is 10.2. The fourth-order valence-electron chi connectivity index (χ4n) is 2.58. The van der Waals surface area contributed by atoms with E-state index >= 15 is 0 Å². The van der Waals surface area contributed by atoms with Crippen LogP contribution in [-0.4, -0.2) is 50.4 Å². The molecule has 0 unspecified atom stereocenters. The molecule has 2 amide bonds. The summed E-state index contributed by atoms with van der Waals surface area (Å²) in [6.45, 7) is 0.485. The van der Waals surface area contributed by atoms with Gasteiger partial charge in [0.25, 0.3) is 11.8 Å². The fraction of sp³-hybridized carbons (Fsp3) is 0.235. The summed E-state index contributed by atoms with van der Waals surface area (Å²) in [4.78, 5) is 29.8. The second-order valence-electron chi connectivity index (χ2n) is 5.63. The molecule has 1 aromatic carbocycles. The number of imide groups is 1. The van der Waals surface area contributed by atoms with Crippen molar-refractivity contribution in [1.82, 2.24) is 14.6 Å². The first-order valence-electron chi connectivity index (χ1n) is 7.83. The summed E-state index contributed by atoms with van der Waals surface area (Å²) in [6, 6.07) is 9.17. The fourth-order valence-corrected chi connectivity index (χ4v) is 3.59. The topological polar surface area (TPSA) is 106 Å². The Labute approximate surface area is 150 Å². The number of sulfonamides is 1. The largest absolute Gasteiger partial charge is 0.383 e. The lowest BCUT2D eigenvalue weighted by molar-refractivity contribution is 0.0640. The number of ether oxygens (including phenoxy) is 1. The quantitative estimate of drug-likeness (QED) is 0.567. The number of carbonyl (C=O) groups excluding carboxylic acids is 2. The average Bonchev–Trinajstić information content (AvgIpc) is 2.88. The minimum Gasteiger partial charge on any atom is -0.383 e. The van der Waals surface area contributed by atoms with Crippen molar-refractivity contribution in [3.63, 3.8) is 0 Å². The van der Waals surface area contributed by atoms with E-state index in [4.69, 9.17) is 4.74 Å². The van der Waals surface area contributed by atoms with E-state index in [0.29, 0.717) is 5.56 Å². The average molecular weight is 375 g/mol. The number of carbonyl (C=O) groups is 2. The number of hydrogen-bond acceptors (Lipinski definition) is 6. The zero-order chi connectivity index (χ0) is 18.7. The van der Waals surface area contributed by atoms with Crippen LogP contribution in [-0.2, 0) is 21.3 Å². The number of hydrogen-bond donors (Lipinski definition) is 1. The first-order chi connectivity index (χ1) is 12.4. The maximum absolute atomic E-state index is 12.3. The predicted molar refractivity (Wildman–Crippen MR) is 91.9 cm³/mol. The number of aromatic nitrogens is 1. The summed E-state index contributed by atoms with van der Waals surface area (Å²) in [7, 11) is -2.15. The second kappa shape index (κ2) is 7.32. The lowest BCUT2D eigenvalue weighted by Crippen LogP contribution is -2.29. The standard InChI is InChI=1S/C17H17N3O5S/c1-25-10-9-19-26(23,24)13-6-4-12(5-7-13)11-20-16(21)14-3-2-8-18-15(14)17(20)22/h2-8,19H,9-11H2,1H3. The SMILES string of the molecule is COCCNS(=O)(=O)c1ccc(CN2C(=O)c3cccnc3C2=O)cc1. The van der Waals surface area contributed by atoms with Crippen LogP contribution in [0.2, 0.25) is 0 Å². The summed E-state index contributed by atoms with van der Waals surface area (Å²) >= 11 is 0. The molecule has 0 radical (unpaired) electrons. The highest BCUT2D eigenvalue weighted by Crippen LogP contribution is 2.23. The second-order valence-corrected chi connectivity index (χ2v) is 7.40. The van der Waals surface area contributed by atoms with Gasteiger partial charge in [0.05, 0.1) is 23.6 Å². The van der Waals surface area contributed by atoms with Gasteiger partial charge in [0.1, 0.15) is 5.69 Å². The van der Waals surface area contributed by atoms with E-state index < -0.39 is 21.8 Å². The molecule has 1 aliphatic heterocycles. The van der Waals surface area contributed by atoms with Gasteiger partial charge in [-0.3, -0.25) is 19.5 Å². The van der Waals surface area contributed by atoms with E-state index in [0.717, 1.165) is 4.90 Å². The van der Waals surface area contributed by atoms with Crippen LogP contribution >= 0.6 is 0 Å². The Hall–Kier alpha value is -2.62. The number of benzene rings is 1. The smallest absolute Gasteiger partial charge is 0.280 e. The Morgan fingerprint density at radius 2 is 1.85 bits per heavy atom. The van der Waals surface area contributed by atoms with E-state index in [9.17, 15) is 18.0 Å². The molecular formula is C17H17N3O5S. The molecule has 1 N–H and O–H groups in total. The van der Waals surface area contributed by atoms with Crippen molar-refractivity contribution in [2.45, 2.75) is 11.4 Å². The molecule has 0 spiro atoms. The zero-order valence-electron chi connectivity index (χ0n) is 14.0. The lowest BCUT2D eigenvalue weighted by Gasteiger charge is -2.14. The summed E-state index contributed by atoms with van der Waals surface area (Å²) < 4.78 is 31.5. The number of fused-ring (bicyclic) bond motifs is 1. The molecular weight excluding hydrogens is 358 g/mol. The highest BCUT2D eigenvalue weighted by Gasteiger charge is 2.36. The third-order valence-corrected chi connectivity index (χ3v) is 5.38. The van der Waals surface area contributed by atoms with Crippen LogP contribution < -0.4 is 4.72 Å². The number of rotatable bonds is 7. The molecule has 0 saturated carbocycles. The van der Waals surface area contributed by atoms with Crippen LogP contribution in [0.25, 0.3) is 0 Å². The van der Waals surface area contributed by atoms with Crippen LogP contribution in [0.3, 0.4) is 0 Å².